The molecule has 1 aromatic rings. The molecule has 0 aliphatic carbocycles. The van der Waals surface area contributed by atoms with E-state index in [1.54, 1.807) is 6.07 Å². The highest BCUT2D eigenvalue weighted by Crippen LogP contribution is 2.17. The zero-order valence-electron chi connectivity index (χ0n) is 7.36. The molecule has 1 fully saturated rings. The number of aromatic hydroxyl groups is 1. The molecule has 0 spiro atoms. The fraction of sp³-hybridized carbons (Fsp3) is 0.400. The summed E-state index contributed by atoms with van der Waals surface area (Å²) in [6, 6.07) is 7.26. The number of benzene rings is 1. The quantitative estimate of drug-likeness (QED) is 0.723. The Balaban J connectivity index is 1.89. The van der Waals surface area contributed by atoms with Gasteiger partial charge in [-0.15, -0.1) is 0 Å². The molecule has 0 atom stereocenters. The van der Waals surface area contributed by atoms with Gasteiger partial charge in [0, 0.05) is 18.7 Å². The van der Waals surface area contributed by atoms with Gasteiger partial charge in [0.25, 0.3) is 0 Å². The molecule has 0 saturated carbocycles. The average molecular weight is 179 g/mol. The van der Waals surface area contributed by atoms with Crippen LogP contribution in [0.5, 0.6) is 5.75 Å². The maximum absolute atomic E-state index is 9.42. The highest BCUT2D eigenvalue weighted by Gasteiger charge is 2.17. The first-order valence-corrected chi connectivity index (χ1v) is 4.45. The summed E-state index contributed by atoms with van der Waals surface area (Å²) in [6.45, 7) is 2.35. The van der Waals surface area contributed by atoms with Crippen LogP contribution >= 0.6 is 0 Å². The first-order valence-electron chi connectivity index (χ1n) is 4.45. The van der Waals surface area contributed by atoms with Crippen LogP contribution in [0, 0.1) is 0 Å². The Hall–Kier alpha value is -1.06. The van der Waals surface area contributed by atoms with E-state index in [9.17, 15) is 5.11 Å². The zero-order chi connectivity index (χ0) is 9.10. The molecule has 1 aliphatic heterocycles. The second-order valence-corrected chi connectivity index (χ2v) is 3.22. The van der Waals surface area contributed by atoms with Crippen LogP contribution in [0.2, 0.25) is 0 Å². The summed E-state index contributed by atoms with van der Waals surface area (Å²) in [5, 5.41) is 12.5. The molecule has 0 radical (unpaired) electrons. The van der Waals surface area contributed by atoms with Crippen molar-refractivity contribution < 1.29 is 9.84 Å². The lowest BCUT2D eigenvalue weighted by Crippen LogP contribution is -2.48. The molecule has 0 unspecified atom stereocenters. The van der Waals surface area contributed by atoms with Crippen molar-refractivity contribution in [2.45, 2.75) is 12.7 Å². The molecule has 0 amide bonds. The van der Waals surface area contributed by atoms with Gasteiger partial charge in [-0.2, -0.15) is 0 Å². The van der Waals surface area contributed by atoms with Crippen molar-refractivity contribution >= 4 is 0 Å². The van der Waals surface area contributed by atoms with E-state index in [0.29, 0.717) is 18.5 Å². The lowest BCUT2D eigenvalue weighted by Gasteiger charge is -2.27. The van der Waals surface area contributed by atoms with E-state index in [0.717, 1.165) is 18.7 Å². The predicted molar refractivity (Wildman–Crippen MR) is 49.6 cm³/mol. The first kappa shape index (κ1) is 8.53. The predicted octanol–water partition coefficient (Wildman–Crippen LogP) is 0.881. The van der Waals surface area contributed by atoms with Gasteiger partial charge in [0.05, 0.1) is 12.7 Å². The Bertz CT molecular complexity index is 284. The number of nitrogens with one attached hydrogen (secondary N) is 1. The molecule has 1 aliphatic rings. The first-order chi connectivity index (χ1) is 6.36. The van der Waals surface area contributed by atoms with Gasteiger partial charge in [0.2, 0.25) is 0 Å². The molecule has 2 N–H and O–H groups in total. The summed E-state index contributed by atoms with van der Waals surface area (Å²) < 4.78 is 5.52. The average Bonchev–Trinajstić information content (AvgIpc) is 2.05. The van der Waals surface area contributed by atoms with Gasteiger partial charge in [-0.05, 0) is 6.07 Å². The van der Waals surface area contributed by atoms with Crippen LogP contribution in [0.3, 0.4) is 0 Å². The third-order valence-electron chi connectivity index (χ3n) is 2.21. The van der Waals surface area contributed by atoms with E-state index in [-0.39, 0.29) is 0 Å². The Morgan fingerprint density at radius 2 is 2.15 bits per heavy atom. The number of ether oxygens (including phenoxy) is 1. The number of phenols is 1. The van der Waals surface area contributed by atoms with Crippen LogP contribution in [0.15, 0.2) is 24.3 Å². The number of phenolic OH excluding ortho intramolecular Hbond substituents is 1. The molecular formula is C10H13NO2. The van der Waals surface area contributed by atoms with Crippen molar-refractivity contribution in [3.63, 3.8) is 0 Å². The van der Waals surface area contributed by atoms with Gasteiger partial charge in [-0.1, -0.05) is 18.2 Å². The second kappa shape index (κ2) is 3.77. The molecule has 1 aromatic carbocycles. The number of hydrogen-bond acceptors (Lipinski definition) is 3. The lowest BCUT2D eigenvalue weighted by molar-refractivity contribution is 0.00684. The van der Waals surface area contributed by atoms with E-state index >= 15 is 0 Å². The van der Waals surface area contributed by atoms with Crippen molar-refractivity contribution in [1.82, 2.24) is 5.32 Å². The molecule has 3 heteroatoms. The number of hydrogen-bond donors (Lipinski definition) is 2. The van der Waals surface area contributed by atoms with Gasteiger partial charge in [0.15, 0.2) is 0 Å². The molecule has 70 valence electrons. The standard InChI is InChI=1S/C10H13NO2/c12-10-4-2-1-3-8(10)7-13-9-5-11-6-9/h1-4,9,11-12H,5-7H2. The zero-order valence-corrected chi connectivity index (χ0v) is 7.36. The van der Waals surface area contributed by atoms with E-state index < -0.39 is 0 Å². The molecular weight excluding hydrogens is 166 g/mol. The van der Waals surface area contributed by atoms with Crippen molar-refractivity contribution in [3.8, 4) is 5.75 Å². The van der Waals surface area contributed by atoms with Gasteiger partial charge >= 0.3 is 0 Å². The lowest BCUT2D eigenvalue weighted by atomic mass is 10.2. The fourth-order valence-electron chi connectivity index (χ4n) is 1.22. The highest BCUT2D eigenvalue weighted by molar-refractivity contribution is 5.30. The van der Waals surface area contributed by atoms with Gasteiger partial charge in [-0.3, -0.25) is 0 Å². The summed E-state index contributed by atoms with van der Waals surface area (Å²) in [5.41, 5.74) is 0.856. The van der Waals surface area contributed by atoms with Gasteiger partial charge in [0.1, 0.15) is 5.75 Å². The third-order valence-corrected chi connectivity index (χ3v) is 2.21. The minimum atomic E-state index is 0.315. The minimum Gasteiger partial charge on any atom is -0.508 e. The van der Waals surface area contributed by atoms with Crippen LogP contribution in [-0.4, -0.2) is 24.3 Å². The summed E-state index contributed by atoms with van der Waals surface area (Å²) in [7, 11) is 0. The van der Waals surface area contributed by atoms with E-state index in [1.165, 1.54) is 0 Å². The Kier molecular flexibility index (Phi) is 2.47. The molecule has 13 heavy (non-hydrogen) atoms. The summed E-state index contributed by atoms with van der Waals surface area (Å²) in [4.78, 5) is 0. The second-order valence-electron chi connectivity index (χ2n) is 3.22. The van der Waals surface area contributed by atoms with E-state index in [2.05, 4.69) is 5.32 Å². The summed E-state index contributed by atoms with van der Waals surface area (Å²) in [6.07, 6.45) is 0.319. The smallest absolute Gasteiger partial charge is 0.121 e. The Labute approximate surface area is 77.3 Å². The SMILES string of the molecule is Oc1ccccc1COC1CNC1. The van der Waals surface area contributed by atoms with Gasteiger partial charge < -0.3 is 15.2 Å². The van der Waals surface area contributed by atoms with Gasteiger partial charge in [-0.25, -0.2) is 0 Å². The van der Waals surface area contributed by atoms with Crippen LogP contribution < -0.4 is 5.32 Å². The summed E-state index contributed by atoms with van der Waals surface area (Å²) >= 11 is 0. The van der Waals surface area contributed by atoms with Crippen LogP contribution in [-0.2, 0) is 11.3 Å². The van der Waals surface area contributed by atoms with Crippen molar-refractivity contribution in [1.29, 1.82) is 0 Å². The van der Waals surface area contributed by atoms with Crippen molar-refractivity contribution in [3.05, 3.63) is 29.8 Å². The van der Waals surface area contributed by atoms with Crippen LogP contribution in [0.25, 0.3) is 0 Å². The van der Waals surface area contributed by atoms with E-state index in [1.807, 2.05) is 18.2 Å². The van der Waals surface area contributed by atoms with E-state index in [4.69, 9.17) is 4.74 Å². The summed E-state index contributed by atoms with van der Waals surface area (Å²) in [5.74, 6) is 0.315. The fourth-order valence-corrected chi connectivity index (χ4v) is 1.22. The maximum atomic E-state index is 9.42. The topological polar surface area (TPSA) is 41.5 Å². The number of para-hydroxylation sites is 1. The molecule has 0 bridgehead atoms. The van der Waals surface area contributed by atoms with Crippen molar-refractivity contribution in [2.75, 3.05) is 13.1 Å². The highest BCUT2D eigenvalue weighted by atomic mass is 16.5. The maximum Gasteiger partial charge on any atom is 0.121 e. The third kappa shape index (κ3) is 1.99. The normalized spacial score (nSPS) is 16.9. The molecule has 0 aromatic heterocycles. The van der Waals surface area contributed by atoms with Crippen LogP contribution in [0.1, 0.15) is 5.56 Å². The molecule has 1 saturated heterocycles. The molecule has 1 heterocycles. The Morgan fingerprint density at radius 3 is 2.77 bits per heavy atom. The largest absolute Gasteiger partial charge is 0.508 e. The molecule has 2 rings (SSSR count). The number of rotatable bonds is 3. The molecule has 3 nitrogen and oxygen atoms in total. The monoisotopic (exact) mass is 179 g/mol. The minimum absolute atomic E-state index is 0.315. The Morgan fingerprint density at radius 1 is 1.38 bits per heavy atom. The van der Waals surface area contributed by atoms with Crippen molar-refractivity contribution in [2.24, 2.45) is 0 Å². The van der Waals surface area contributed by atoms with Crippen LogP contribution in [0.4, 0.5) is 0 Å².